The van der Waals surface area contributed by atoms with Crippen LogP contribution in [0.2, 0.25) is 0 Å². The van der Waals surface area contributed by atoms with Crippen LogP contribution in [0.3, 0.4) is 0 Å². The summed E-state index contributed by atoms with van der Waals surface area (Å²) in [6.07, 6.45) is 2.57. The quantitative estimate of drug-likeness (QED) is 0.743. The van der Waals surface area contributed by atoms with Crippen molar-refractivity contribution in [1.82, 2.24) is 4.31 Å². The van der Waals surface area contributed by atoms with Gasteiger partial charge in [-0.3, -0.25) is 4.79 Å². The predicted octanol–water partition coefficient (Wildman–Crippen LogP) is 3.47. The molecule has 6 nitrogen and oxygen atoms in total. The van der Waals surface area contributed by atoms with E-state index in [0.717, 1.165) is 16.7 Å². The molecule has 0 radical (unpaired) electrons. The fourth-order valence-corrected chi connectivity index (χ4v) is 6.09. The lowest BCUT2D eigenvalue weighted by Crippen LogP contribution is -2.44. The van der Waals surface area contributed by atoms with Crippen molar-refractivity contribution in [3.05, 3.63) is 65.2 Å². The third kappa shape index (κ3) is 4.54. The molecule has 0 saturated carbocycles. The number of sulfonamides is 1. The van der Waals surface area contributed by atoms with Crippen LogP contribution in [0.15, 0.2) is 48.5 Å². The van der Waals surface area contributed by atoms with Crippen molar-refractivity contribution in [3.8, 4) is 0 Å². The molecule has 2 aromatic carbocycles. The third-order valence-corrected chi connectivity index (χ3v) is 8.43. The number of carbonyl (C=O) groups excluding carboxylic acids is 1. The molecule has 1 saturated heterocycles. The van der Waals surface area contributed by atoms with Crippen LogP contribution in [0.4, 0.5) is 5.69 Å². The molecule has 2 aromatic rings. The molecule has 4 rings (SSSR count). The van der Waals surface area contributed by atoms with Crippen molar-refractivity contribution in [2.24, 2.45) is 0 Å². The smallest absolute Gasteiger partial charge is 0.235 e. The van der Waals surface area contributed by atoms with E-state index in [2.05, 4.69) is 5.32 Å². The zero-order chi connectivity index (χ0) is 21.9. The number of carbonyl (C=O) groups is 1. The maximum Gasteiger partial charge on any atom is 0.235 e. The first-order valence-electron chi connectivity index (χ1n) is 11.0. The van der Waals surface area contributed by atoms with E-state index in [0.29, 0.717) is 57.7 Å². The van der Waals surface area contributed by atoms with Gasteiger partial charge in [0.05, 0.1) is 11.2 Å². The summed E-state index contributed by atoms with van der Waals surface area (Å²) < 4.78 is 32.1. The number of fused-ring (bicyclic) bond motifs is 1. The fraction of sp³-hybridized carbons (Fsp3) is 0.458. The van der Waals surface area contributed by atoms with E-state index < -0.39 is 15.4 Å². The number of rotatable bonds is 6. The van der Waals surface area contributed by atoms with Gasteiger partial charge >= 0.3 is 0 Å². The number of nitrogens with zero attached hydrogens (tertiary/aromatic N) is 1. The van der Waals surface area contributed by atoms with Gasteiger partial charge < -0.3 is 10.1 Å². The Morgan fingerprint density at radius 3 is 2.55 bits per heavy atom. The molecule has 2 aliphatic rings. The second-order valence-electron chi connectivity index (χ2n) is 8.40. The molecule has 0 spiro atoms. The molecule has 2 heterocycles. The number of anilines is 1. The number of amides is 1. The number of hydrogen-bond acceptors (Lipinski definition) is 4. The molecule has 0 bridgehead atoms. The Morgan fingerprint density at radius 2 is 1.84 bits per heavy atom. The molecule has 1 N–H and O–H groups in total. The SMILES string of the molecule is CCCS(=O)(=O)N1CCc2ccc(NC(=O)C3(c4ccccc4)CCOCC3)cc2C1. The highest BCUT2D eigenvalue weighted by atomic mass is 32.2. The van der Waals surface area contributed by atoms with E-state index in [-0.39, 0.29) is 11.7 Å². The van der Waals surface area contributed by atoms with Crippen LogP contribution in [0.25, 0.3) is 0 Å². The monoisotopic (exact) mass is 442 g/mol. The Kier molecular flexibility index (Phi) is 6.46. The van der Waals surface area contributed by atoms with Gasteiger partial charge in [-0.1, -0.05) is 43.3 Å². The molecule has 1 amide bonds. The topological polar surface area (TPSA) is 75.7 Å². The highest BCUT2D eigenvalue weighted by molar-refractivity contribution is 7.89. The number of benzene rings is 2. The summed E-state index contributed by atoms with van der Waals surface area (Å²) in [4.78, 5) is 13.5. The normalized spacial score (nSPS) is 18.9. The summed E-state index contributed by atoms with van der Waals surface area (Å²) in [7, 11) is -3.24. The number of ether oxygens (including phenoxy) is 1. The van der Waals surface area contributed by atoms with Crippen molar-refractivity contribution < 1.29 is 17.9 Å². The zero-order valence-electron chi connectivity index (χ0n) is 18.0. The van der Waals surface area contributed by atoms with E-state index in [1.54, 1.807) is 4.31 Å². The molecule has 0 aromatic heterocycles. The van der Waals surface area contributed by atoms with E-state index in [9.17, 15) is 13.2 Å². The van der Waals surface area contributed by atoms with Gasteiger partial charge in [0.1, 0.15) is 0 Å². The largest absolute Gasteiger partial charge is 0.381 e. The van der Waals surface area contributed by atoms with Gasteiger partial charge in [-0.25, -0.2) is 8.42 Å². The van der Waals surface area contributed by atoms with Crippen molar-refractivity contribution in [1.29, 1.82) is 0 Å². The molecule has 1 fully saturated rings. The minimum atomic E-state index is -3.24. The molecule has 166 valence electrons. The van der Waals surface area contributed by atoms with E-state index in [1.165, 1.54) is 0 Å². The van der Waals surface area contributed by atoms with E-state index in [1.807, 2.05) is 55.5 Å². The first-order chi connectivity index (χ1) is 14.9. The molecule has 7 heteroatoms. The van der Waals surface area contributed by atoms with Crippen LogP contribution >= 0.6 is 0 Å². The maximum absolute atomic E-state index is 13.5. The first-order valence-corrected chi connectivity index (χ1v) is 12.6. The minimum Gasteiger partial charge on any atom is -0.381 e. The summed E-state index contributed by atoms with van der Waals surface area (Å²) >= 11 is 0. The minimum absolute atomic E-state index is 0.0341. The summed E-state index contributed by atoms with van der Waals surface area (Å²) in [6, 6.07) is 15.8. The molecule has 0 unspecified atom stereocenters. The Morgan fingerprint density at radius 1 is 1.10 bits per heavy atom. The molecule has 0 aliphatic carbocycles. The van der Waals surface area contributed by atoms with Crippen molar-refractivity contribution in [3.63, 3.8) is 0 Å². The number of nitrogens with one attached hydrogen (secondary N) is 1. The van der Waals surface area contributed by atoms with Gasteiger partial charge in [-0.05, 0) is 54.5 Å². The molecular weight excluding hydrogens is 412 g/mol. The summed E-state index contributed by atoms with van der Waals surface area (Å²) in [5.74, 6) is 0.133. The Hall–Kier alpha value is -2.22. The van der Waals surface area contributed by atoms with Crippen molar-refractivity contribution >= 4 is 21.6 Å². The van der Waals surface area contributed by atoms with Gasteiger partial charge in [-0.2, -0.15) is 4.31 Å². The van der Waals surface area contributed by atoms with Gasteiger partial charge in [-0.15, -0.1) is 0 Å². The van der Waals surface area contributed by atoms with Gasteiger partial charge in [0.2, 0.25) is 15.9 Å². The molecule has 2 aliphatic heterocycles. The highest BCUT2D eigenvalue weighted by Crippen LogP contribution is 2.36. The molecular formula is C24H30N2O4S. The van der Waals surface area contributed by atoms with Crippen molar-refractivity contribution in [2.45, 2.75) is 44.6 Å². The summed E-state index contributed by atoms with van der Waals surface area (Å²) in [6.45, 7) is 3.85. The molecule has 0 atom stereocenters. The average molecular weight is 443 g/mol. The number of hydrogen-bond donors (Lipinski definition) is 1. The van der Waals surface area contributed by atoms with Crippen molar-refractivity contribution in [2.75, 3.05) is 30.8 Å². The maximum atomic E-state index is 13.5. The highest BCUT2D eigenvalue weighted by Gasteiger charge is 2.41. The lowest BCUT2D eigenvalue weighted by molar-refractivity contribution is -0.125. The lowest BCUT2D eigenvalue weighted by atomic mass is 9.73. The first kappa shape index (κ1) is 22.0. The van der Waals surface area contributed by atoms with Crippen LogP contribution in [0.5, 0.6) is 0 Å². The van der Waals surface area contributed by atoms with E-state index >= 15 is 0 Å². The Balaban J connectivity index is 1.56. The van der Waals surface area contributed by atoms with Crippen LogP contribution in [0, 0.1) is 0 Å². The Labute approximate surface area is 184 Å². The third-order valence-electron chi connectivity index (χ3n) is 6.40. The average Bonchev–Trinajstić information content (AvgIpc) is 2.79. The second kappa shape index (κ2) is 9.10. The van der Waals surface area contributed by atoms with Crippen LogP contribution < -0.4 is 5.32 Å². The van der Waals surface area contributed by atoms with Gasteiger partial charge in [0, 0.05) is 32.0 Å². The van der Waals surface area contributed by atoms with Crippen LogP contribution in [-0.4, -0.2) is 44.1 Å². The standard InChI is InChI=1S/C24H30N2O4S/c1-2-16-31(28,29)26-13-10-19-8-9-22(17-20(19)18-26)25-23(27)24(11-14-30-15-12-24)21-6-4-3-5-7-21/h3-9,17H,2,10-16,18H2,1H3,(H,25,27). The Bertz CT molecular complexity index is 1030. The van der Waals surface area contributed by atoms with Gasteiger partial charge in [0.25, 0.3) is 0 Å². The zero-order valence-corrected chi connectivity index (χ0v) is 18.8. The lowest BCUT2D eigenvalue weighted by Gasteiger charge is -2.36. The van der Waals surface area contributed by atoms with Crippen LogP contribution in [0.1, 0.15) is 42.9 Å². The van der Waals surface area contributed by atoms with E-state index in [4.69, 9.17) is 4.74 Å². The van der Waals surface area contributed by atoms with Gasteiger partial charge in [0.15, 0.2) is 0 Å². The van der Waals surface area contributed by atoms with Crippen LogP contribution in [-0.2, 0) is 37.9 Å². The summed E-state index contributed by atoms with van der Waals surface area (Å²) in [5, 5.41) is 3.12. The summed E-state index contributed by atoms with van der Waals surface area (Å²) in [5.41, 5.74) is 3.20. The fourth-order valence-electron chi connectivity index (χ4n) is 4.61. The predicted molar refractivity (Wildman–Crippen MR) is 121 cm³/mol. The molecule has 31 heavy (non-hydrogen) atoms. The second-order valence-corrected chi connectivity index (χ2v) is 10.5.